The third-order valence-corrected chi connectivity index (χ3v) is 3.26. The summed E-state index contributed by atoms with van der Waals surface area (Å²) in [5.74, 6) is 1.34. The Labute approximate surface area is 118 Å². The summed E-state index contributed by atoms with van der Waals surface area (Å²) in [6.07, 6.45) is 0.279. The van der Waals surface area contributed by atoms with Gasteiger partial charge in [0.25, 0.3) is 0 Å². The molecule has 100 valence electrons. The van der Waals surface area contributed by atoms with E-state index in [-0.39, 0.29) is 0 Å². The molecule has 2 aromatic rings. The highest BCUT2D eigenvalue weighted by Crippen LogP contribution is 2.30. The average molecular weight is 277 g/mol. The molecule has 0 bridgehead atoms. The van der Waals surface area contributed by atoms with Crippen molar-refractivity contribution in [3.8, 4) is 11.5 Å². The van der Waals surface area contributed by atoms with Crippen molar-refractivity contribution in [2.45, 2.75) is 26.4 Å². The number of rotatable bonds is 4. The number of aryl methyl sites for hydroxylation is 1. The monoisotopic (exact) mass is 276 g/mol. The first-order chi connectivity index (χ1) is 9.10. The Morgan fingerprint density at radius 2 is 1.84 bits per heavy atom. The van der Waals surface area contributed by atoms with E-state index in [0.717, 1.165) is 11.1 Å². The van der Waals surface area contributed by atoms with Crippen molar-refractivity contribution in [2.24, 2.45) is 0 Å². The molecule has 2 aromatic carbocycles. The molecule has 0 aliphatic carbocycles. The van der Waals surface area contributed by atoms with Crippen LogP contribution >= 0.6 is 11.6 Å². The van der Waals surface area contributed by atoms with E-state index in [0.29, 0.717) is 22.9 Å². The van der Waals surface area contributed by atoms with E-state index in [1.165, 1.54) is 0 Å². The number of aliphatic hydroxyl groups is 1. The molecule has 0 saturated heterocycles. The van der Waals surface area contributed by atoms with Crippen molar-refractivity contribution < 1.29 is 9.84 Å². The molecule has 2 rings (SSSR count). The molecule has 2 nitrogen and oxygen atoms in total. The Hall–Kier alpha value is -1.51. The molecular formula is C16H17ClO2. The molecule has 1 N–H and O–H groups in total. The predicted octanol–water partition coefficient (Wildman–Crippen LogP) is 4.88. The highest BCUT2D eigenvalue weighted by molar-refractivity contribution is 6.32. The van der Waals surface area contributed by atoms with Crippen LogP contribution in [0.25, 0.3) is 0 Å². The molecule has 0 amide bonds. The Morgan fingerprint density at radius 3 is 2.42 bits per heavy atom. The highest BCUT2D eigenvalue weighted by Gasteiger charge is 2.06. The molecule has 19 heavy (non-hydrogen) atoms. The summed E-state index contributed by atoms with van der Waals surface area (Å²) in [7, 11) is 0. The van der Waals surface area contributed by atoms with Crippen molar-refractivity contribution in [2.75, 3.05) is 0 Å². The number of halogens is 1. The minimum Gasteiger partial charge on any atom is -0.456 e. The lowest BCUT2D eigenvalue weighted by Crippen LogP contribution is -1.94. The zero-order chi connectivity index (χ0) is 13.8. The minimum absolute atomic E-state index is 0.419. The Bertz CT molecular complexity index is 549. The van der Waals surface area contributed by atoms with E-state index >= 15 is 0 Å². The standard InChI is InChI=1S/C16H17ClO2/c1-3-15(18)12-5-7-13(8-6-12)19-16-9-4-11(2)10-14(16)17/h4-10,15,18H,3H2,1-2H3/t15-/m1/s1. The van der Waals surface area contributed by atoms with Crippen molar-refractivity contribution in [3.05, 3.63) is 58.6 Å². The summed E-state index contributed by atoms with van der Waals surface area (Å²) < 4.78 is 5.72. The van der Waals surface area contributed by atoms with Gasteiger partial charge in [-0.05, 0) is 48.7 Å². The van der Waals surface area contributed by atoms with Crippen molar-refractivity contribution >= 4 is 11.6 Å². The normalized spacial score (nSPS) is 12.2. The van der Waals surface area contributed by atoms with Crippen LogP contribution in [0.15, 0.2) is 42.5 Å². The number of aliphatic hydroxyl groups excluding tert-OH is 1. The van der Waals surface area contributed by atoms with E-state index in [9.17, 15) is 5.11 Å². The lowest BCUT2D eigenvalue weighted by molar-refractivity contribution is 0.173. The lowest BCUT2D eigenvalue weighted by atomic mass is 10.1. The van der Waals surface area contributed by atoms with Gasteiger partial charge < -0.3 is 9.84 Å². The van der Waals surface area contributed by atoms with Gasteiger partial charge in [-0.25, -0.2) is 0 Å². The summed E-state index contributed by atoms with van der Waals surface area (Å²) in [4.78, 5) is 0. The van der Waals surface area contributed by atoms with Crippen LogP contribution in [0.2, 0.25) is 5.02 Å². The second-order valence-electron chi connectivity index (χ2n) is 4.53. The summed E-state index contributed by atoms with van der Waals surface area (Å²) in [6, 6.07) is 13.1. The van der Waals surface area contributed by atoms with Gasteiger partial charge in [0.15, 0.2) is 0 Å². The van der Waals surface area contributed by atoms with Crippen LogP contribution < -0.4 is 4.74 Å². The van der Waals surface area contributed by atoms with Crippen molar-refractivity contribution in [1.82, 2.24) is 0 Å². The zero-order valence-electron chi connectivity index (χ0n) is 11.1. The fourth-order valence-corrected chi connectivity index (χ4v) is 2.08. The van der Waals surface area contributed by atoms with Gasteiger partial charge >= 0.3 is 0 Å². The van der Waals surface area contributed by atoms with Crippen LogP contribution in [0.3, 0.4) is 0 Å². The van der Waals surface area contributed by atoms with Gasteiger partial charge in [-0.3, -0.25) is 0 Å². The largest absolute Gasteiger partial charge is 0.456 e. The number of benzene rings is 2. The average Bonchev–Trinajstić information content (AvgIpc) is 2.42. The van der Waals surface area contributed by atoms with Crippen LogP contribution in [0.5, 0.6) is 11.5 Å². The van der Waals surface area contributed by atoms with E-state index < -0.39 is 6.10 Å². The van der Waals surface area contributed by atoms with Gasteiger partial charge in [0.05, 0.1) is 11.1 Å². The van der Waals surface area contributed by atoms with Crippen LogP contribution in [0.4, 0.5) is 0 Å². The zero-order valence-corrected chi connectivity index (χ0v) is 11.8. The second-order valence-corrected chi connectivity index (χ2v) is 4.94. The van der Waals surface area contributed by atoms with E-state index in [4.69, 9.17) is 16.3 Å². The fraction of sp³-hybridized carbons (Fsp3) is 0.250. The van der Waals surface area contributed by atoms with Crippen LogP contribution in [-0.4, -0.2) is 5.11 Å². The van der Waals surface area contributed by atoms with Gasteiger partial charge in [-0.2, -0.15) is 0 Å². The third kappa shape index (κ3) is 3.49. The van der Waals surface area contributed by atoms with Gasteiger partial charge in [0.1, 0.15) is 11.5 Å². The maximum atomic E-state index is 9.72. The first kappa shape index (κ1) is 13.9. The van der Waals surface area contributed by atoms with Crippen LogP contribution in [0.1, 0.15) is 30.6 Å². The molecule has 0 spiro atoms. The lowest BCUT2D eigenvalue weighted by Gasteiger charge is -2.11. The first-order valence-electron chi connectivity index (χ1n) is 6.32. The summed E-state index contributed by atoms with van der Waals surface area (Å²) in [5, 5.41) is 10.3. The van der Waals surface area contributed by atoms with Gasteiger partial charge in [-0.15, -0.1) is 0 Å². The Balaban J connectivity index is 2.15. The van der Waals surface area contributed by atoms with Crippen molar-refractivity contribution in [3.63, 3.8) is 0 Å². The molecule has 0 saturated carbocycles. The maximum absolute atomic E-state index is 9.72. The second kappa shape index (κ2) is 6.09. The molecule has 1 atom stereocenters. The highest BCUT2D eigenvalue weighted by atomic mass is 35.5. The van der Waals surface area contributed by atoms with Crippen molar-refractivity contribution in [1.29, 1.82) is 0 Å². The fourth-order valence-electron chi connectivity index (χ4n) is 1.81. The summed E-state index contributed by atoms with van der Waals surface area (Å²) in [5.41, 5.74) is 1.99. The molecular weight excluding hydrogens is 260 g/mol. The van der Waals surface area contributed by atoms with Gasteiger partial charge in [-0.1, -0.05) is 36.7 Å². The number of ether oxygens (including phenoxy) is 1. The number of hydrogen-bond donors (Lipinski definition) is 1. The first-order valence-corrected chi connectivity index (χ1v) is 6.70. The topological polar surface area (TPSA) is 29.5 Å². The third-order valence-electron chi connectivity index (χ3n) is 2.97. The molecule has 0 unspecified atom stereocenters. The van der Waals surface area contributed by atoms with Gasteiger partial charge in [0, 0.05) is 0 Å². The summed E-state index contributed by atoms with van der Waals surface area (Å²) in [6.45, 7) is 3.93. The quantitative estimate of drug-likeness (QED) is 0.862. The Kier molecular flexibility index (Phi) is 4.46. The predicted molar refractivity (Wildman–Crippen MR) is 78.0 cm³/mol. The van der Waals surface area contributed by atoms with Crippen LogP contribution in [-0.2, 0) is 0 Å². The van der Waals surface area contributed by atoms with Gasteiger partial charge in [0.2, 0.25) is 0 Å². The van der Waals surface area contributed by atoms with E-state index in [1.807, 2.05) is 56.3 Å². The van der Waals surface area contributed by atoms with E-state index in [1.54, 1.807) is 0 Å². The summed E-state index contributed by atoms with van der Waals surface area (Å²) >= 11 is 6.12. The van der Waals surface area contributed by atoms with E-state index in [2.05, 4.69) is 0 Å². The SMILES string of the molecule is CC[C@@H](O)c1ccc(Oc2ccc(C)cc2Cl)cc1. The molecule has 0 aliphatic heterocycles. The van der Waals surface area contributed by atoms with Crippen LogP contribution in [0, 0.1) is 6.92 Å². The molecule has 0 heterocycles. The molecule has 0 aliphatic rings. The molecule has 0 fully saturated rings. The Morgan fingerprint density at radius 1 is 1.16 bits per heavy atom. The molecule has 0 radical (unpaired) electrons. The maximum Gasteiger partial charge on any atom is 0.146 e. The number of hydrogen-bond acceptors (Lipinski definition) is 2. The molecule has 3 heteroatoms. The minimum atomic E-state index is -0.419. The molecule has 0 aromatic heterocycles. The smallest absolute Gasteiger partial charge is 0.146 e.